The molecule has 0 aliphatic heterocycles. The van der Waals surface area contributed by atoms with Crippen molar-refractivity contribution in [3.05, 3.63) is 0 Å². The third-order valence-electron chi connectivity index (χ3n) is 2.60. The third-order valence-corrected chi connectivity index (χ3v) is 2.60. The topological polar surface area (TPSA) is 69.6 Å². The van der Waals surface area contributed by atoms with E-state index in [1.54, 1.807) is 25.8 Å². The first-order chi connectivity index (χ1) is 7.31. The van der Waals surface area contributed by atoms with Crippen molar-refractivity contribution in [3.8, 4) is 0 Å². The van der Waals surface area contributed by atoms with Crippen LogP contribution < -0.4 is 5.32 Å². The standard InChI is InChI=1S/C11H20N2O3/c1-11(2,10(15)16)7-13(3)6-9(14)12-8-4-5-8/h8H,4-7H2,1-3H3,(H,12,14)(H,15,16). The molecule has 0 heterocycles. The third kappa shape index (κ3) is 4.18. The molecule has 92 valence electrons. The highest BCUT2D eigenvalue weighted by Gasteiger charge is 2.30. The van der Waals surface area contributed by atoms with E-state index in [-0.39, 0.29) is 12.5 Å². The van der Waals surface area contributed by atoms with E-state index < -0.39 is 11.4 Å². The van der Waals surface area contributed by atoms with Crippen LogP contribution in [0.15, 0.2) is 0 Å². The van der Waals surface area contributed by atoms with Gasteiger partial charge in [0.2, 0.25) is 5.91 Å². The number of nitrogens with zero attached hydrogens (tertiary/aromatic N) is 1. The number of likely N-dealkylation sites (N-methyl/N-ethyl adjacent to an activating group) is 1. The summed E-state index contributed by atoms with van der Waals surface area (Å²) in [5.74, 6) is -0.867. The highest BCUT2D eigenvalue weighted by atomic mass is 16.4. The molecular weight excluding hydrogens is 208 g/mol. The van der Waals surface area contributed by atoms with Gasteiger partial charge in [-0.15, -0.1) is 0 Å². The summed E-state index contributed by atoms with van der Waals surface area (Å²) in [6.45, 7) is 3.93. The van der Waals surface area contributed by atoms with Gasteiger partial charge in [-0.05, 0) is 33.7 Å². The Morgan fingerprint density at radius 3 is 2.44 bits per heavy atom. The number of hydrogen-bond donors (Lipinski definition) is 2. The fraction of sp³-hybridized carbons (Fsp3) is 0.818. The normalized spacial score (nSPS) is 16.2. The Morgan fingerprint density at radius 2 is 2.00 bits per heavy atom. The van der Waals surface area contributed by atoms with Crippen molar-refractivity contribution >= 4 is 11.9 Å². The van der Waals surface area contributed by atoms with Crippen LogP contribution in [0.3, 0.4) is 0 Å². The van der Waals surface area contributed by atoms with Crippen LogP contribution in [0.25, 0.3) is 0 Å². The van der Waals surface area contributed by atoms with E-state index in [4.69, 9.17) is 5.11 Å². The maximum absolute atomic E-state index is 11.5. The van der Waals surface area contributed by atoms with Crippen LogP contribution in [-0.2, 0) is 9.59 Å². The summed E-state index contributed by atoms with van der Waals surface area (Å²) in [7, 11) is 1.76. The van der Waals surface area contributed by atoms with Crippen molar-refractivity contribution in [2.75, 3.05) is 20.1 Å². The smallest absolute Gasteiger partial charge is 0.310 e. The Labute approximate surface area is 95.8 Å². The van der Waals surface area contributed by atoms with Gasteiger partial charge >= 0.3 is 5.97 Å². The van der Waals surface area contributed by atoms with E-state index in [2.05, 4.69) is 5.32 Å². The molecule has 0 aromatic heterocycles. The summed E-state index contributed by atoms with van der Waals surface area (Å²) in [5.41, 5.74) is -0.825. The van der Waals surface area contributed by atoms with Crippen molar-refractivity contribution in [3.63, 3.8) is 0 Å². The van der Waals surface area contributed by atoms with Crippen molar-refractivity contribution < 1.29 is 14.7 Å². The molecule has 16 heavy (non-hydrogen) atoms. The molecule has 0 radical (unpaired) electrons. The zero-order chi connectivity index (χ0) is 12.3. The second kappa shape index (κ2) is 4.82. The van der Waals surface area contributed by atoms with E-state index >= 15 is 0 Å². The average molecular weight is 228 g/mol. The number of carbonyl (C=O) groups is 2. The second-order valence-corrected chi connectivity index (χ2v) is 5.20. The van der Waals surface area contributed by atoms with Crippen LogP contribution >= 0.6 is 0 Å². The van der Waals surface area contributed by atoms with Gasteiger partial charge in [-0.3, -0.25) is 14.5 Å². The predicted molar refractivity (Wildman–Crippen MR) is 60.1 cm³/mol. The second-order valence-electron chi connectivity index (χ2n) is 5.20. The lowest BCUT2D eigenvalue weighted by molar-refractivity contribution is -0.148. The van der Waals surface area contributed by atoms with Gasteiger partial charge in [-0.25, -0.2) is 0 Å². The fourth-order valence-corrected chi connectivity index (χ4v) is 1.54. The van der Waals surface area contributed by atoms with Gasteiger partial charge in [0, 0.05) is 12.6 Å². The minimum atomic E-state index is -0.845. The van der Waals surface area contributed by atoms with Crippen LogP contribution in [0.5, 0.6) is 0 Å². The molecule has 0 spiro atoms. The zero-order valence-corrected chi connectivity index (χ0v) is 10.1. The molecule has 0 atom stereocenters. The molecule has 1 amide bonds. The molecule has 5 heteroatoms. The largest absolute Gasteiger partial charge is 0.481 e. The summed E-state index contributed by atoms with van der Waals surface area (Å²) in [6.07, 6.45) is 2.13. The molecule has 0 bridgehead atoms. The van der Waals surface area contributed by atoms with Crippen molar-refractivity contribution in [2.45, 2.75) is 32.7 Å². The molecule has 1 rings (SSSR count). The van der Waals surface area contributed by atoms with Gasteiger partial charge in [-0.1, -0.05) is 0 Å². The Kier molecular flexibility index (Phi) is 3.91. The van der Waals surface area contributed by atoms with Crippen molar-refractivity contribution in [1.29, 1.82) is 0 Å². The van der Waals surface area contributed by atoms with Crippen LogP contribution in [-0.4, -0.2) is 48.1 Å². The first-order valence-corrected chi connectivity index (χ1v) is 5.52. The number of carbonyl (C=O) groups excluding carboxylic acids is 1. The number of aliphatic carboxylic acids is 1. The molecule has 1 fully saturated rings. The lowest BCUT2D eigenvalue weighted by atomic mass is 9.93. The van der Waals surface area contributed by atoms with E-state index in [1.165, 1.54) is 0 Å². The lowest BCUT2D eigenvalue weighted by Crippen LogP contribution is -2.42. The van der Waals surface area contributed by atoms with E-state index in [0.29, 0.717) is 12.6 Å². The highest BCUT2D eigenvalue weighted by molar-refractivity contribution is 5.79. The zero-order valence-electron chi connectivity index (χ0n) is 10.1. The number of amides is 1. The molecule has 0 saturated heterocycles. The SMILES string of the molecule is CN(CC(=O)NC1CC1)CC(C)(C)C(=O)O. The monoisotopic (exact) mass is 228 g/mol. The van der Waals surface area contributed by atoms with E-state index in [9.17, 15) is 9.59 Å². The molecule has 0 aromatic rings. The molecule has 0 aromatic carbocycles. The highest BCUT2D eigenvalue weighted by Crippen LogP contribution is 2.19. The van der Waals surface area contributed by atoms with Gasteiger partial charge in [0.15, 0.2) is 0 Å². The number of carboxylic acids is 1. The Balaban J connectivity index is 2.31. The Bertz CT molecular complexity index is 285. The Hall–Kier alpha value is -1.10. The van der Waals surface area contributed by atoms with Crippen LogP contribution in [0.4, 0.5) is 0 Å². The summed E-state index contributed by atoms with van der Waals surface area (Å²) in [4.78, 5) is 24.1. The van der Waals surface area contributed by atoms with Crippen molar-refractivity contribution in [1.82, 2.24) is 10.2 Å². The van der Waals surface area contributed by atoms with Crippen LogP contribution in [0.2, 0.25) is 0 Å². The summed E-state index contributed by atoms with van der Waals surface area (Å²) in [5, 5.41) is 11.8. The molecule has 1 aliphatic rings. The average Bonchev–Trinajstić information content (AvgIpc) is 2.85. The number of carboxylic acid groups (broad SMARTS) is 1. The van der Waals surface area contributed by atoms with E-state index in [0.717, 1.165) is 12.8 Å². The summed E-state index contributed by atoms with van der Waals surface area (Å²) >= 11 is 0. The summed E-state index contributed by atoms with van der Waals surface area (Å²) < 4.78 is 0. The molecule has 1 saturated carbocycles. The van der Waals surface area contributed by atoms with Gasteiger partial charge in [0.1, 0.15) is 0 Å². The number of nitrogens with one attached hydrogen (secondary N) is 1. The van der Waals surface area contributed by atoms with Gasteiger partial charge in [-0.2, -0.15) is 0 Å². The molecule has 5 nitrogen and oxygen atoms in total. The van der Waals surface area contributed by atoms with Crippen LogP contribution in [0.1, 0.15) is 26.7 Å². The minimum Gasteiger partial charge on any atom is -0.481 e. The first kappa shape index (κ1) is 13.0. The van der Waals surface area contributed by atoms with Crippen molar-refractivity contribution in [2.24, 2.45) is 5.41 Å². The maximum atomic E-state index is 11.5. The molecular formula is C11H20N2O3. The summed E-state index contributed by atoms with van der Waals surface area (Å²) in [6, 6.07) is 0.355. The van der Waals surface area contributed by atoms with E-state index in [1.807, 2.05) is 0 Å². The molecule has 1 aliphatic carbocycles. The van der Waals surface area contributed by atoms with Gasteiger partial charge < -0.3 is 10.4 Å². The molecule has 2 N–H and O–H groups in total. The predicted octanol–water partition coefficient (Wildman–Crippen LogP) is 0.308. The number of hydrogen-bond acceptors (Lipinski definition) is 3. The first-order valence-electron chi connectivity index (χ1n) is 5.52. The maximum Gasteiger partial charge on any atom is 0.310 e. The quantitative estimate of drug-likeness (QED) is 0.686. The fourth-order valence-electron chi connectivity index (χ4n) is 1.54. The lowest BCUT2D eigenvalue weighted by Gasteiger charge is -2.25. The number of rotatable bonds is 6. The van der Waals surface area contributed by atoms with Gasteiger partial charge in [0.05, 0.1) is 12.0 Å². The van der Waals surface area contributed by atoms with Gasteiger partial charge in [0.25, 0.3) is 0 Å². The minimum absolute atomic E-state index is 0.0220. The van der Waals surface area contributed by atoms with Crippen LogP contribution in [0, 0.1) is 5.41 Å². The Morgan fingerprint density at radius 1 is 1.44 bits per heavy atom. The molecule has 0 unspecified atom stereocenters.